The molecule has 2 aliphatic heterocycles. The summed E-state index contributed by atoms with van der Waals surface area (Å²) in [5.41, 5.74) is 2.14. The SMILES string of the molecule is CS(=O)(=O)N1CC2(CCC(C(=O)NC3CCN(c4cc(F)cc(F)c4)CC3)CC2)c2ccccc21. The molecule has 1 aliphatic carbocycles. The summed E-state index contributed by atoms with van der Waals surface area (Å²) in [7, 11) is -3.36. The highest BCUT2D eigenvalue weighted by atomic mass is 32.2. The Balaban J connectivity index is 1.17. The van der Waals surface area contributed by atoms with Crippen LogP contribution in [0.5, 0.6) is 0 Å². The Morgan fingerprint density at radius 3 is 2.26 bits per heavy atom. The van der Waals surface area contributed by atoms with Crippen LogP contribution >= 0.6 is 0 Å². The summed E-state index contributed by atoms with van der Waals surface area (Å²) >= 11 is 0. The number of hydrogen-bond acceptors (Lipinski definition) is 4. The second kappa shape index (κ2) is 9.08. The molecule has 6 nitrogen and oxygen atoms in total. The molecule has 2 aromatic rings. The smallest absolute Gasteiger partial charge is 0.232 e. The van der Waals surface area contributed by atoms with Gasteiger partial charge in [0.2, 0.25) is 15.9 Å². The van der Waals surface area contributed by atoms with Gasteiger partial charge in [-0.15, -0.1) is 0 Å². The fourth-order valence-electron chi connectivity index (χ4n) is 6.06. The van der Waals surface area contributed by atoms with Crippen molar-refractivity contribution in [2.45, 2.75) is 50.0 Å². The number of para-hydroxylation sites is 1. The van der Waals surface area contributed by atoms with Crippen LogP contribution < -0.4 is 14.5 Å². The van der Waals surface area contributed by atoms with E-state index < -0.39 is 21.7 Å². The molecule has 1 amide bonds. The van der Waals surface area contributed by atoms with E-state index in [1.807, 2.05) is 29.2 Å². The van der Waals surface area contributed by atoms with Gasteiger partial charge in [0.05, 0.1) is 11.9 Å². The minimum absolute atomic E-state index is 0.0426. The highest BCUT2D eigenvalue weighted by Gasteiger charge is 2.48. The number of anilines is 2. The summed E-state index contributed by atoms with van der Waals surface area (Å²) in [5.74, 6) is -1.21. The van der Waals surface area contributed by atoms with Crippen molar-refractivity contribution in [3.05, 3.63) is 59.7 Å². The zero-order valence-electron chi connectivity index (χ0n) is 19.8. The Bertz CT molecular complexity index is 1200. The third kappa shape index (κ3) is 4.75. The molecule has 35 heavy (non-hydrogen) atoms. The predicted octanol–water partition coefficient (Wildman–Crippen LogP) is 3.96. The molecule has 9 heteroatoms. The van der Waals surface area contributed by atoms with Crippen molar-refractivity contribution in [2.24, 2.45) is 5.92 Å². The largest absolute Gasteiger partial charge is 0.371 e. The van der Waals surface area contributed by atoms with Gasteiger partial charge in [-0.3, -0.25) is 9.10 Å². The second-order valence-electron chi connectivity index (χ2n) is 10.2. The van der Waals surface area contributed by atoms with Crippen molar-refractivity contribution in [3.8, 4) is 0 Å². The molecule has 3 aliphatic rings. The van der Waals surface area contributed by atoms with Crippen LogP contribution in [0.3, 0.4) is 0 Å². The van der Waals surface area contributed by atoms with Gasteiger partial charge in [0, 0.05) is 48.8 Å². The lowest BCUT2D eigenvalue weighted by atomic mass is 9.67. The number of carbonyl (C=O) groups excluding carboxylic acids is 1. The fourth-order valence-corrected chi connectivity index (χ4v) is 7.06. The standard InChI is InChI=1S/C26H31F2N3O3S/c1-35(33,34)31-17-26(23-4-2-3-5-24(23)31)10-6-18(7-11-26)25(32)29-21-8-12-30(13-9-21)22-15-19(27)14-20(28)16-22/h2-5,14-16,18,21H,6-13,17H2,1H3,(H,29,32). The van der Waals surface area contributed by atoms with Crippen LogP contribution in [0, 0.1) is 17.6 Å². The summed E-state index contributed by atoms with van der Waals surface area (Å²) in [4.78, 5) is 15.0. The maximum atomic E-state index is 13.6. The van der Waals surface area contributed by atoms with Crippen molar-refractivity contribution in [3.63, 3.8) is 0 Å². The lowest BCUT2D eigenvalue weighted by Crippen LogP contribution is -2.48. The van der Waals surface area contributed by atoms with Gasteiger partial charge in [-0.25, -0.2) is 17.2 Å². The Hall–Kier alpha value is -2.68. The van der Waals surface area contributed by atoms with Crippen molar-refractivity contribution in [1.82, 2.24) is 5.32 Å². The molecule has 0 radical (unpaired) electrons. The van der Waals surface area contributed by atoms with Gasteiger partial charge in [0.25, 0.3) is 0 Å². The zero-order chi connectivity index (χ0) is 24.8. The molecule has 2 aromatic carbocycles. The van der Waals surface area contributed by atoms with E-state index in [4.69, 9.17) is 0 Å². The molecule has 0 bridgehead atoms. The summed E-state index contributed by atoms with van der Waals surface area (Å²) < 4.78 is 53.4. The third-order valence-electron chi connectivity index (χ3n) is 7.96. The quantitative estimate of drug-likeness (QED) is 0.686. The zero-order valence-corrected chi connectivity index (χ0v) is 20.7. The number of carbonyl (C=O) groups is 1. The molecule has 1 N–H and O–H groups in total. The van der Waals surface area contributed by atoms with Crippen LogP contribution in [0.2, 0.25) is 0 Å². The van der Waals surface area contributed by atoms with Crippen molar-refractivity contribution in [1.29, 1.82) is 0 Å². The van der Waals surface area contributed by atoms with Gasteiger partial charge in [-0.05, 0) is 62.3 Å². The monoisotopic (exact) mass is 503 g/mol. The maximum Gasteiger partial charge on any atom is 0.232 e. The van der Waals surface area contributed by atoms with E-state index in [9.17, 15) is 22.0 Å². The van der Waals surface area contributed by atoms with Gasteiger partial charge in [0.15, 0.2) is 0 Å². The average Bonchev–Trinajstić information content (AvgIpc) is 3.14. The second-order valence-corrected chi connectivity index (χ2v) is 12.1. The Morgan fingerprint density at radius 2 is 1.63 bits per heavy atom. The summed E-state index contributed by atoms with van der Waals surface area (Å²) in [6, 6.07) is 11.3. The molecule has 0 atom stereocenters. The first-order chi connectivity index (χ1) is 16.6. The van der Waals surface area contributed by atoms with Gasteiger partial charge >= 0.3 is 0 Å². The number of piperidine rings is 1. The Kier molecular flexibility index (Phi) is 6.23. The third-order valence-corrected chi connectivity index (χ3v) is 9.08. The molecule has 2 heterocycles. The molecule has 0 aromatic heterocycles. The minimum Gasteiger partial charge on any atom is -0.371 e. The molecular weight excluding hydrogens is 472 g/mol. The lowest BCUT2D eigenvalue weighted by Gasteiger charge is -2.38. The summed E-state index contributed by atoms with van der Waals surface area (Å²) in [6.07, 6.45) is 5.68. The van der Waals surface area contributed by atoms with E-state index >= 15 is 0 Å². The highest BCUT2D eigenvalue weighted by molar-refractivity contribution is 7.92. The van der Waals surface area contributed by atoms with Gasteiger partial charge in [0.1, 0.15) is 11.6 Å². The molecule has 5 rings (SSSR count). The number of rotatable bonds is 4. The summed E-state index contributed by atoms with van der Waals surface area (Å²) in [6.45, 7) is 1.69. The number of halogens is 2. The topological polar surface area (TPSA) is 69.7 Å². The number of amides is 1. The van der Waals surface area contributed by atoms with Crippen molar-refractivity contribution >= 4 is 27.3 Å². The Labute approximate surface area is 205 Å². The van der Waals surface area contributed by atoms with Gasteiger partial charge in [-0.1, -0.05) is 18.2 Å². The van der Waals surface area contributed by atoms with Crippen LogP contribution in [0.25, 0.3) is 0 Å². The van der Waals surface area contributed by atoms with Crippen molar-refractivity contribution < 1.29 is 22.0 Å². The molecule has 1 saturated carbocycles. The Morgan fingerprint density at radius 1 is 1.00 bits per heavy atom. The van der Waals surface area contributed by atoms with Crippen LogP contribution in [-0.4, -0.2) is 46.3 Å². The molecule has 0 unspecified atom stereocenters. The molecule has 188 valence electrons. The van der Waals surface area contributed by atoms with E-state index in [-0.39, 0.29) is 23.3 Å². The maximum absolute atomic E-state index is 13.6. The van der Waals surface area contributed by atoms with Crippen LogP contribution in [0.15, 0.2) is 42.5 Å². The first-order valence-electron chi connectivity index (χ1n) is 12.2. The summed E-state index contributed by atoms with van der Waals surface area (Å²) in [5, 5.41) is 3.19. The predicted molar refractivity (Wildman–Crippen MR) is 132 cm³/mol. The number of benzene rings is 2. The average molecular weight is 504 g/mol. The fraction of sp³-hybridized carbons (Fsp3) is 0.500. The van der Waals surface area contributed by atoms with Gasteiger partial charge in [-0.2, -0.15) is 0 Å². The van der Waals surface area contributed by atoms with Crippen LogP contribution in [0.4, 0.5) is 20.2 Å². The molecular formula is C26H31F2N3O3S. The number of sulfonamides is 1. The van der Waals surface area contributed by atoms with E-state index in [1.54, 1.807) is 0 Å². The van der Waals surface area contributed by atoms with Gasteiger partial charge < -0.3 is 10.2 Å². The van der Waals surface area contributed by atoms with Crippen LogP contribution in [-0.2, 0) is 20.2 Å². The number of fused-ring (bicyclic) bond motifs is 2. The molecule has 1 spiro atoms. The number of nitrogens with zero attached hydrogens (tertiary/aromatic N) is 2. The lowest BCUT2D eigenvalue weighted by molar-refractivity contribution is -0.127. The highest BCUT2D eigenvalue weighted by Crippen LogP contribution is 2.50. The molecule has 1 saturated heterocycles. The van der Waals surface area contributed by atoms with Crippen LogP contribution in [0.1, 0.15) is 44.1 Å². The number of nitrogens with one attached hydrogen (secondary N) is 1. The van der Waals surface area contributed by atoms with E-state index in [0.717, 1.165) is 55.8 Å². The normalized spacial score (nSPS) is 25.1. The van der Waals surface area contributed by atoms with E-state index in [2.05, 4.69) is 5.32 Å². The first kappa shape index (κ1) is 24.0. The molecule has 2 fully saturated rings. The van der Waals surface area contributed by atoms with Crippen molar-refractivity contribution in [2.75, 3.05) is 35.1 Å². The van der Waals surface area contributed by atoms with E-state index in [0.29, 0.717) is 25.3 Å². The van der Waals surface area contributed by atoms with E-state index in [1.165, 1.54) is 22.7 Å². The first-order valence-corrected chi connectivity index (χ1v) is 14.1. The minimum atomic E-state index is -3.36. The number of hydrogen-bond donors (Lipinski definition) is 1.